The highest BCUT2D eigenvalue weighted by Gasteiger charge is 2.16. The third kappa shape index (κ3) is 4.50. The highest BCUT2D eigenvalue weighted by Crippen LogP contribution is 2.16. The molecule has 0 bridgehead atoms. The van der Waals surface area contributed by atoms with Crippen LogP contribution in [0.5, 0.6) is 5.75 Å². The Balaban J connectivity index is 2.76. The quantitative estimate of drug-likeness (QED) is 0.775. The van der Waals surface area contributed by atoms with E-state index in [1.807, 2.05) is 0 Å². The van der Waals surface area contributed by atoms with Crippen molar-refractivity contribution in [3.63, 3.8) is 0 Å². The van der Waals surface area contributed by atoms with E-state index in [1.165, 1.54) is 26.4 Å². The van der Waals surface area contributed by atoms with Crippen LogP contribution in [-0.4, -0.2) is 44.5 Å². The molecule has 0 fully saturated rings. The maximum atomic E-state index is 13.7. The lowest BCUT2D eigenvalue weighted by atomic mass is 10.1. The Morgan fingerprint density at radius 1 is 1.47 bits per heavy atom. The molecule has 0 radical (unpaired) electrons. The fourth-order valence-electron chi connectivity index (χ4n) is 1.62. The molecule has 1 atom stereocenters. The first kappa shape index (κ1) is 15.4. The minimum absolute atomic E-state index is 0.0696. The highest BCUT2D eigenvalue weighted by molar-refractivity contribution is 5.94. The molecule has 1 aromatic rings. The number of aliphatic hydroxyl groups is 1. The normalized spacial score (nSPS) is 12.0. The SMILES string of the molecule is COCC(CCO)NC(=O)c1ccc(OC)cc1F. The zero-order valence-corrected chi connectivity index (χ0v) is 11.0. The molecule has 1 aromatic carbocycles. The number of rotatable bonds is 7. The van der Waals surface area contributed by atoms with Crippen LogP contribution < -0.4 is 10.1 Å². The maximum absolute atomic E-state index is 13.7. The van der Waals surface area contributed by atoms with Crippen LogP contribution in [0, 0.1) is 5.82 Å². The van der Waals surface area contributed by atoms with Gasteiger partial charge in [-0.3, -0.25) is 4.79 Å². The molecule has 1 rings (SSSR count). The van der Waals surface area contributed by atoms with Crippen molar-refractivity contribution in [2.45, 2.75) is 12.5 Å². The summed E-state index contributed by atoms with van der Waals surface area (Å²) < 4.78 is 23.5. The number of halogens is 1. The summed E-state index contributed by atoms with van der Waals surface area (Å²) in [7, 11) is 2.91. The number of methoxy groups -OCH3 is 2. The van der Waals surface area contributed by atoms with Crippen molar-refractivity contribution in [2.75, 3.05) is 27.4 Å². The van der Waals surface area contributed by atoms with E-state index in [0.29, 0.717) is 12.2 Å². The first-order valence-corrected chi connectivity index (χ1v) is 5.86. The standard InChI is InChI=1S/C13H18FNO4/c1-18-8-9(5-6-16)15-13(17)11-4-3-10(19-2)7-12(11)14/h3-4,7,9,16H,5-6,8H2,1-2H3,(H,15,17). The largest absolute Gasteiger partial charge is 0.497 e. The number of amides is 1. The summed E-state index contributed by atoms with van der Waals surface area (Å²) in [6.45, 7) is 0.170. The van der Waals surface area contributed by atoms with Gasteiger partial charge in [-0.2, -0.15) is 0 Å². The van der Waals surface area contributed by atoms with Gasteiger partial charge >= 0.3 is 0 Å². The van der Waals surface area contributed by atoms with Crippen molar-refractivity contribution in [1.82, 2.24) is 5.32 Å². The van der Waals surface area contributed by atoms with Gasteiger partial charge in [0.05, 0.1) is 25.3 Å². The minimum Gasteiger partial charge on any atom is -0.497 e. The van der Waals surface area contributed by atoms with E-state index in [4.69, 9.17) is 14.6 Å². The van der Waals surface area contributed by atoms with E-state index in [0.717, 1.165) is 6.07 Å². The summed E-state index contributed by atoms with van der Waals surface area (Å²) in [5.74, 6) is -0.856. The number of ether oxygens (including phenoxy) is 2. The van der Waals surface area contributed by atoms with Gasteiger partial charge < -0.3 is 19.9 Å². The van der Waals surface area contributed by atoms with Crippen LogP contribution in [0.2, 0.25) is 0 Å². The van der Waals surface area contributed by atoms with Crippen molar-refractivity contribution in [3.8, 4) is 5.75 Å². The van der Waals surface area contributed by atoms with Gasteiger partial charge in [0.15, 0.2) is 0 Å². The van der Waals surface area contributed by atoms with Gasteiger partial charge in [-0.05, 0) is 18.6 Å². The first-order chi connectivity index (χ1) is 9.12. The van der Waals surface area contributed by atoms with Crippen LogP contribution in [-0.2, 0) is 4.74 Å². The lowest BCUT2D eigenvalue weighted by Gasteiger charge is -2.17. The molecule has 0 saturated carbocycles. The van der Waals surface area contributed by atoms with Crippen molar-refractivity contribution in [1.29, 1.82) is 0 Å². The maximum Gasteiger partial charge on any atom is 0.254 e. The molecule has 1 unspecified atom stereocenters. The Morgan fingerprint density at radius 3 is 2.74 bits per heavy atom. The summed E-state index contributed by atoms with van der Waals surface area (Å²) in [4.78, 5) is 11.9. The second-order valence-corrected chi connectivity index (χ2v) is 3.98. The molecule has 5 nitrogen and oxygen atoms in total. The number of carbonyl (C=O) groups is 1. The van der Waals surface area contributed by atoms with Crippen molar-refractivity contribution in [2.24, 2.45) is 0 Å². The summed E-state index contributed by atoms with van der Waals surface area (Å²) in [6, 6.07) is 3.65. The van der Waals surface area contributed by atoms with Crippen LogP contribution in [0.3, 0.4) is 0 Å². The lowest BCUT2D eigenvalue weighted by Crippen LogP contribution is -2.39. The Morgan fingerprint density at radius 2 is 2.21 bits per heavy atom. The smallest absolute Gasteiger partial charge is 0.254 e. The summed E-state index contributed by atoms with van der Waals surface area (Å²) in [6.07, 6.45) is 0.345. The van der Waals surface area contributed by atoms with Gasteiger partial charge in [0, 0.05) is 19.8 Å². The summed E-state index contributed by atoms with van der Waals surface area (Å²) >= 11 is 0. The molecule has 106 valence electrons. The van der Waals surface area contributed by atoms with Crippen molar-refractivity contribution >= 4 is 5.91 Å². The molecule has 0 saturated heterocycles. The highest BCUT2D eigenvalue weighted by atomic mass is 19.1. The van der Waals surface area contributed by atoms with Crippen LogP contribution in [0.15, 0.2) is 18.2 Å². The predicted octanol–water partition coefficient (Wildman–Crippen LogP) is 0.961. The molecule has 0 spiro atoms. The van der Waals surface area contributed by atoms with Crippen molar-refractivity contribution in [3.05, 3.63) is 29.6 Å². The topological polar surface area (TPSA) is 67.8 Å². The van der Waals surface area contributed by atoms with E-state index >= 15 is 0 Å². The molecule has 2 N–H and O–H groups in total. The Bertz CT molecular complexity index is 419. The van der Waals surface area contributed by atoms with Gasteiger partial charge in [-0.15, -0.1) is 0 Å². The average molecular weight is 271 g/mol. The Kier molecular flexibility index (Phi) is 6.24. The zero-order chi connectivity index (χ0) is 14.3. The Hall–Kier alpha value is -1.66. The van der Waals surface area contributed by atoms with Gasteiger partial charge in [0.25, 0.3) is 5.91 Å². The number of hydrogen-bond acceptors (Lipinski definition) is 4. The molecule has 0 aliphatic heterocycles. The molecule has 0 heterocycles. The second kappa shape index (κ2) is 7.70. The number of carbonyl (C=O) groups excluding carboxylic acids is 1. The van der Waals surface area contributed by atoms with Gasteiger partial charge in [0.2, 0.25) is 0 Å². The van der Waals surface area contributed by atoms with Gasteiger partial charge in [0.1, 0.15) is 11.6 Å². The van der Waals surface area contributed by atoms with Crippen LogP contribution in [0.1, 0.15) is 16.8 Å². The van der Waals surface area contributed by atoms with E-state index in [-0.39, 0.29) is 24.8 Å². The number of nitrogens with one attached hydrogen (secondary N) is 1. The monoisotopic (exact) mass is 271 g/mol. The fraction of sp³-hybridized carbons (Fsp3) is 0.462. The molecular formula is C13H18FNO4. The summed E-state index contributed by atoms with van der Waals surface area (Å²) in [5, 5.41) is 11.5. The molecule has 0 aromatic heterocycles. The lowest BCUT2D eigenvalue weighted by molar-refractivity contribution is 0.0874. The molecule has 19 heavy (non-hydrogen) atoms. The predicted molar refractivity (Wildman–Crippen MR) is 67.8 cm³/mol. The van der Waals surface area contributed by atoms with E-state index in [1.54, 1.807) is 0 Å². The second-order valence-electron chi connectivity index (χ2n) is 3.98. The number of benzene rings is 1. The Labute approximate surface area is 111 Å². The van der Waals surface area contributed by atoms with E-state index in [9.17, 15) is 9.18 Å². The third-order valence-corrected chi connectivity index (χ3v) is 2.60. The average Bonchev–Trinajstić information content (AvgIpc) is 2.38. The minimum atomic E-state index is -0.656. The van der Waals surface area contributed by atoms with E-state index < -0.39 is 11.7 Å². The van der Waals surface area contributed by atoms with Gasteiger partial charge in [-0.1, -0.05) is 0 Å². The van der Waals surface area contributed by atoms with Crippen LogP contribution in [0.4, 0.5) is 4.39 Å². The zero-order valence-electron chi connectivity index (χ0n) is 11.0. The molecule has 0 aliphatic carbocycles. The third-order valence-electron chi connectivity index (χ3n) is 2.60. The van der Waals surface area contributed by atoms with Gasteiger partial charge in [-0.25, -0.2) is 4.39 Å². The summed E-state index contributed by atoms with van der Waals surface area (Å²) in [5.41, 5.74) is -0.0696. The first-order valence-electron chi connectivity index (χ1n) is 5.86. The molecular weight excluding hydrogens is 253 g/mol. The van der Waals surface area contributed by atoms with Crippen molar-refractivity contribution < 1.29 is 23.8 Å². The molecule has 1 amide bonds. The van der Waals surface area contributed by atoms with Crippen LogP contribution in [0.25, 0.3) is 0 Å². The number of aliphatic hydroxyl groups excluding tert-OH is 1. The number of hydrogen-bond donors (Lipinski definition) is 2. The van der Waals surface area contributed by atoms with Crippen LogP contribution >= 0.6 is 0 Å². The van der Waals surface area contributed by atoms with E-state index in [2.05, 4.69) is 5.32 Å². The molecule has 0 aliphatic rings. The molecule has 6 heteroatoms. The fourth-order valence-corrected chi connectivity index (χ4v) is 1.62.